The van der Waals surface area contributed by atoms with Gasteiger partial charge in [-0.2, -0.15) is 0 Å². The van der Waals surface area contributed by atoms with E-state index in [0.717, 1.165) is 30.6 Å². The molecule has 0 spiro atoms. The number of nitrogens with zero attached hydrogens (tertiary/aromatic N) is 1. The summed E-state index contributed by atoms with van der Waals surface area (Å²) in [6.45, 7) is 5.90. The topological polar surface area (TPSA) is 49.4 Å². The Morgan fingerprint density at radius 3 is 2.60 bits per heavy atom. The van der Waals surface area contributed by atoms with E-state index in [1.165, 1.54) is 13.3 Å². The molecule has 0 saturated carbocycles. The Labute approximate surface area is 120 Å². The Morgan fingerprint density at radius 1 is 1.30 bits per heavy atom. The molecule has 1 N–H and O–H groups in total. The van der Waals surface area contributed by atoms with Gasteiger partial charge in [0.1, 0.15) is 0 Å². The molecule has 0 radical (unpaired) electrons. The van der Waals surface area contributed by atoms with E-state index in [2.05, 4.69) is 12.2 Å². The van der Waals surface area contributed by atoms with Crippen LogP contribution in [0.4, 0.5) is 0 Å². The minimum absolute atomic E-state index is 0.0487. The second-order valence-electron chi connectivity index (χ2n) is 5.61. The summed E-state index contributed by atoms with van der Waals surface area (Å²) < 4.78 is 0. The first-order valence-corrected chi connectivity index (χ1v) is 7.19. The van der Waals surface area contributed by atoms with Gasteiger partial charge in [-0.05, 0) is 36.5 Å². The van der Waals surface area contributed by atoms with Gasteiger partial charge in [-0.15, -0.1) is 0 Å². The molecule has 2 amide bonds. The van der Waals surface area contributed by atoms with Crippen LogP contribution in [-0.2, 0) is 11.3 Å². The van der Waals surface area contributed by atoms with Gasteiger partial charge in [0.25, 0.3) is 5.91 Å². The van der Waals surface area contributed by atoms with Gasteiger partial charge >= 0.3 is 0 Å². The number of rotatable bonds is 3. The zero-order valence-corrected chi connectivity index (χ0v) is 12.2. The number of likely N-dealkylation sites (tertiary alicyclic amines) is 1. The Balaban J connectivity index is 1.98. The molecule has 2 rings (SSSR count). The largest absolute Gasteiger partial charge is 0.352 e. The van der Waals surface area contributed by atoms with Crippen molar-refractivity contribution < 1.29 is 9.59 Å². The van der Waals surface area contributed by atoms with Crippen LogP contribution in [0.15, 0.2) is 24.3 Å². The average Bonchev–Trinajstić information content (AvgIpc) is 2.45. The number of piperidine rings is 1. The lowest BCUT2D eigenvalue weighted by atomic mass is 9.99. The van der Waals surface area contributed by atoms with Crippen molar-refractivity contribution in [3.8, 4) is 0 Å². The monoisotopic (exact) mass is 274 g/mol. The van der Waals surface area contributed by atoms with Crippen LogP contribution in [0.3, 0.4) is 0 Å². The summed E-state index contributed by atoms with van der Waals surface area (Å²) in [7, 11) is 0. The van der Waals surface area contributed by atoms with Crippen molar-refractivity contribution in [1.29, 1.82) is 0 Å². The molecule has 1 saturated heterocycles. The van der Waals surface area contributed by atoms with E-state index < -0.39 is 0 Å². The van der Waals surface area contributed by atoms with Gasteiger partial charge in [0.15, 0.2) is 0 Å². The van der Waals surface area contributed by atoms with Gasteiger partial charge in [-0.25, -0.2) is 0 Å². The summed E-state index contributed by atoms with van der Waals surface area (Å²) in [5.74, 6) is 0.654. The Bertz CT molecular complexity index is 482. The number of carbonyl (C=O) groups is 2. The average molecular weight is 274 g/mol. The molecule has 1 heterocycles. The van der Waals surface area contributed by atoms with Crippen LogP contribution in [0.1, 0.15) is 42.6 Å². The molecule has 1 aliphatic rings. The van der Waals surface area contributed by atoms with Crippen molar-refractivity contribution in [2.45, 2.75) is 33.2 Å². The molecule has 0 aromatic heterocycles. The fraction of sp³-hybridized carbons (Fsp3) is 0.500. The van der Waals surface area contributed by atoms with E-state index in [4.69, 9.17) is 0 Å². The van der Waals surface area contributed by atoms with E-state index in [-0.39, 0.29) is 11.8 Å². The first-order chi connectivity index (χ1) is 9.56. The summed E-state index contributed by atoms with van der Waals surface area (Å²) in [5.41, 5.74) is 1.73. The quantitative estimate of drug-likeness (QED) is 0.918. The van der Waals surface area contributed by atoms with E-state index in [0.29, 0.717) is 12.5 Å². The van der Waals surface area contributed by atoms with Gasteiger partial charge in [-0.1, -0.05) is 19.1 Å². The molecule has 1 aromatic carbocycles. The van der Waals surface area contributed by atoms with Crippen LogP contribution in [0.2, 0.25) is 0 Å². The third-order valence-electron chi connectivity index (χ3n) is 3.69. The lowest BCUT2D eigenvalue weighted by Crippen LogP contribution is -2.39. The Hall–Kier alpha value is -1.84. The van der Waals surface area contributed by atoms with Gasteiger partial charge in [0.2, 0.25) is 5.91 Å². The Morgan fingerprint density at radius 2 is 2.00 bits per heavy atom. The van der Waals surface area contributed by atoms with Crippen molar-refractivity contribution in [3.63, 3.8) is 0 Å². The van der Waals surface area contributed by atoms with E-state index >= 15 is 0 Å². The van der Waals surface area contributed by atoms with Crippen molar-refractivity contribution in [2.75, 3.05) is 13.1 Å². The summed E-state index contributed by atoms with van der Waals surface area (Å²) in [6, 6.07) is 7.49. The van der Waals surface area contributed by atoms with Crippen LogP contribution in [0.5, 0.6) is 0 Å². The summed E-state index contributed by atoms with van der Waals surface area (Å²) in [6.07, 6.45) is 2.30. The highest BCUT2D eigenvalue weighted by molar-refractivity contribution is 5.94. The second kappa shape index (κ2) is 6.55. The Kier molecular flexibility index (Phi) is 4.77. The van der Waals surface area contributed by atoms with Crippen molar-refractivity contribution >= 4 is 11.8 Å². The molecule has 0 aliphatic carbocycles. The molecule has 4 heteroatoms. The van der Waals surface area contributed by atoms with Crippen LogP contribution in [0.25, 0.3) is 0 Å². The molecule has 20 heavy (non-hydrogen) atoms. The minimum atomic E-state index is -0.0487. The number of amides is 2. The molecule has 4 nitrogen and oxygen atoms in total. The summed E-state index contributed by atoms with van der Waals surface area (Å²) in [5, 5.41) is 2.75. The van der Waals surface area contributed by atoms with Gasteiger partial charge in [0, 0.05) is 32.1 Å². The predicted octanol–water partition coefficient (Wildman–Crippen LogP) is 2.19. The number of hydrogen-bond acceptors (Lipinski definition) is 2. The standard InChI is InChI=1S/C16H22N2O2/c1-12-4-3-9-18(11-12)16(20)15-7-5-14(6-8-15)10-17-13(2)19/h5-8,12H,3-4,9-11H2,1-2H3,(H,17,19). The lowest BCUT2D eigenvalue weighted by molar-refractivity contribution is -0.119. The molecule has 1 aromatic rings. The third-order valence-corrected chi connectivity index (χ3v) is 3.69. The molecule has 1 fully saturated rings. The van der Waals surface area contributed by atoms with Crippen molar-refractivity contribution in [2.24, 2.45) is 5.92 Å². The number of nitrogens with one attached hydrogen (secondary N) is 1. The van der Waals surface area contributed by atoms with Gasteiger partial charge in [-0.3, -0.25) is 9.59 Å². The highest BCUT2D eigenvalue weighted by Crippen LogP contribution is 2.18. The minimum Gasteiger partial charge on any atom is -0.352 e. The molecule has 108 valence electrons. The summed E-state index contributed by atoms with van der Waals surface area (Å²) >= 11 is 0. The van der Waals surface area contributed by atoms with Crippen LogP contribution >= 0.6 is 0 Å². The lowest BCUT2D eigenvalue weighted by Gasteiger charge is -2.31. The maximum Gasteiger partial charge on any atom is 0.253 e. The van der Waals surface area contributed by atoms with Crippen molar-refractivity contribution in [3.05, 3.63) is 35.4 Å². The first-order valence-electron chi connectivity index (χ1n) is 7.19. The fourth-order valence-electron chi connectivity index (χ4n) is 2.55. The fourth-order valence-corrected chi connectivity index (χ4v) is 2.55. The highest BCUT2D eigenvalue weighted by atomic mass is 16.2. The highest BCUT2D eigenvalue weighted by Gasteiger charge is 2.21. The van der Waals surface area contributed by atoms with Gasteiger partial charge in [0.05, 0.1) is 0 Å². The van der Waals surface area contributed by atoms with Crippen LogP contribution in [-0.4, -0.2) is 29.8 Å². The maximum absolute atomic E-state index is 12.4. The smallest absolute Gasteiger partial charge is 0.253 e. The zero-order chi connectivity index (χ0) is 14.5. The van der Waals surface area contributed by atoms with E-state index in [9.17, 15) is 9.59 Å². The zero-order valence-electron chi connectivity index (χ0n) is 12.2. The SMILES string of the molecule is CC(=O)NCc1ccc(C(=O)N2CCCC(C)C2)cc1. The molecule has 1 unspecified atom stereocenters. The normalized spacial score (nSPS) is 18.7. The van der Waals surface area contributed by atoms with Gasteiger partial charge < -0.3 is 10.2 Å². The first kappa shape index (κ1) is 14.6. The van der Waals surface area contributed by atoms with Crippen LogP contribution in [0, 0.1) is 5.92 Å². The third kappa shape index (κ3) is 3.83. The second-order valence-corrected chi connectivity index (χ2v) is 5.61. The molecule has 1 atom stereocenters. The summed E-state index contributed by atoms with van der Waals surface area (Å²) in [4.78, 5) is 25.2. The van der Waals surface area contributed by atoms with Crippen molar-refractivity contribution in [1.82, 2.24) is 10.2 Å². The number of hydrogen-bond donors (Lipinski definition) is 1. The van der Waals surface area contributed by atoms with E-state index in [1.807, 2.05) is 29.2 Å². The molecular formula is C16H22N2O2. The number of benzene rings is 1. The number of carbonyl (C=O) groups excluding carboxylic acids is 2. The molecule has 1 aliphatic heterocycles. The molecule has 0 bridgehead atoms. The predicted molar refractivity (Wildman–Crippen MR) is 78.3 cm³/mol. The van der Waals surface area contributed by atoms with Crippen LogP contribution < -0.4 is 5.32 Å². The van der Waals surface area contributed by atoms with E-state index in [1.54, 1.807) is 0 Å². The molecular weight excluding hydrogens is 252 g/mol. The maximum atomic E-state index is 12.4.